The number of amides is 2. The number of aromatic nitrogens is 2. The molecule has 0 saturated carbocycles. The van der Waals surface area contributed by atoms with Gasteiger partial charge < -0.3 is 15.6 Å². The fourth-order valence-corrected chi connectivity index (χ4v) is 1.86. The van der Waals surface area contributed by atoms with E-state index in [-0.39, 0.29) is 6.03 Å². The van der Waals surface area contributed by atoms with Crippen LogP contribution in [0.15, 0.2) is 24.3 Å². The van der Waals surface area contributed by atoms with Gasteiger partial charge in [-0.15, -0.1) is 0 Å². The van der Waals surface area contributed by atoms with Crippen molar-refractivity contribution in [2.45, 2.75) is 26.2 Å². The number of carbonyl (C=O) groups is 1. The lowest BCUT2D eigenvalue weighted by molar-refractivity contribution is 0.241. The third-order valence-corrected chi connectivity index (χ3v) is 2.90. The number of fused-ring (bicyclic) bond motifs is 1. The van der Waals surface area contributed by atoms with E-state index in [4.69, 9.17) is 0 Å². The summed E-state index contributed by atoms with van der Waals surface area (Å²) in [7, 11) is 0. The van der Waals surface area contributed by atoms with Crippen LogP contribution in [0.5, 0.6) is 0 Å². The highest BCUT2D eigenvalue weighted by atomic mass is 16.2. The van der Waals surface area contributed by atoms with E-state index in [0.717, 1.165) is 36.2 Å². The van der Waals surface area contributed by atoms with Gasteiger partial charge in [0.2, 0.25) is 0 Å². The van der Waals surface area contributed by atoms with Gasteiger partial charge in [0.25, 0.3) is 0 Å². The summed E-state index contributed by atoms with van der Waals surface area (Å²) in [5.41, 5.74) is 2.00. The number of hydrogen-bond acceptors (Lipinski definition) is 2. The number of nitrogens with one attached hydrogen (secondary N) is 3. The molecule has 3 N–H and O–H groups in total. The molecule has 1 heterocycles. The maximum absolute atomic E-state index is 11.4. The monoisotopic (exact) mass is 260 g/mol. The normalized spacial score (nSPS) is 10.6. The maximum Gasteiger partial charge on any atom is 0.314 e. The van der Waals surface area contributed by atoms with Gasteiger partial charge in [-0.2, -0.15) is 0 Å². The molecule has 0 aliphatic heterocycles. The van der Waals surface area contributed by atoms with Gasteiger partial charge >= 0.3 is 6.03 Å². The number of H-pyrrole nitrogens is 1. The molecule has 2 rings (SSSR count). The molecule has 2 amide bonds. The van der Waals surface area contributed by atoms with Crippen LogP contribution < -0.4 is 10.6 Å². The molecule has 0 aliphatic rings. The van der Waals surface area contributed by atoms with Crippen LogP contribution in [0.3, 0.4) is 0 Å². The fraction of sp³-hybridized carbons (Fsp3) is 0.429. The zero-order valence-electron chi connectivity index (χ0n) is 11.2. The first-order valence-corrected chi connectivity index (χ1v) is 6.75. The van der Waals surface area contributed by atoms with E-state index in [2.05, 4.69) is 27.5 Å². The molecule has 0 spiro atoms. The molecule has 0 saturated heterocycles. The Kier molecular flexibility index (Phi) is 4.78. The molecule has 0 aliphatic carbocycles. The highest BCUT2D eigenvalue weighted by Gasteiger charge is 2.03. The van der Waals surface area contributed by atoms with Crippen molar-refractivity contribution in [2.75, 3.05) is 13.1 Å². The summed E-state index contributed by atoms with van der Waals surface area (Å²) in [6, 6.07) is 7.80. The van der Waals surface area contributed by atoms with Gasteiger partial charge in [0, 0.05) is 19.5 Å². The van der Waals surface area contributed by atoms with Crippen molar-refractivity contribution in [1.82, 2.24) is 20.6 Å². The van der Waals surface area contributed by atoms with Gasteiger partial charge in [-0.05, 0) is 18.6 Å². The second kappa shape index (κ2) is 6.78. The van der Waals surface area contributed by atoms with E-state index >= 15 is 0 Å². The first kappa shape index (κ1) is 13.4. The number of para-hydroxylation sites is 2. The Morgan fingerprint density at radius 2 is 2.05 bits per heavy atom. The molecule has 0 atom stereocenters. The number of rotatable bonds is 6. The summed E-state index contributed by atoms with van der Waals surface area (Å²) in [5.74, 6) is 0.898. The second-order valence-electron chi connectivity index (χ2n) is 4.49. The minimum atomic E-state index is -0.107. The van der Waals surface area contributed by atoms with Crippen LogP contribution in [0.25, 0.3) is 11.0 Å². The molecule has 1 aromatic carbocycles. The molecule has 1 aromatic heterocycles. The predicted molar refractivity (Wildman–Crippen MR) is 76.1 cm³/mol. The first-order chi connectivity index (χ1) is 9.29. The standard InChI is InChI=1S/C14H20N4O/c1-2-3-9-15-14(19)16-10-8-13-17-11-6-4-5-7-12(11)18-13/h4-7H,2-3,8-10H2,1H3,(H,17,18)(H2,15,16,19). The van der Waals surface area contributed by atoms with E-state index < -0.39 is 0 Å². The van der Waals surface area contributed by atoms with Crippen LogP contribution in [-0.4, -0.2) is 29.1 Å². The summed E-state index contributed by atoms with van der Waals surface area (Å²) in [6.07, 6.45) is 2.80. The second-order valence-corrected chi connectivity index (χ2v) is 4.49. The zero-order valence-corrected chi connectivity index (χ0v) is 11.2. The highest BCUT2D eigenvalue weighted by Crippen LogP contribution is 2.10. The van der Waals surface area contributed by atoms with Crippen molar-refractivity contribution < 1.29 is 4.79 Å². The Morgan fingerprint density at radius 3 is 2.84 bits per heavy atom. The number of carbonyl (C=O) groups excluding carboxylic acids is 1. The fourth-order valence-electron chi connectivity index (χ4n) is 1.86. The Balaban J connectivity index is 1.74. The smallest absolute Gasteiger partial charge is 0.314 e. The van der Waals surface area contributed by atoms with Gasteiger partial charge in [0.05, 0.1) is 11.0 Å². The molecule has 5 heteroatoms. The lowest BCUT2D eigenvalue weighted by Crippen LogP contribution is -2.37. The van der Waals surface area contributed by atoms with E-state index in [1.807, 2.05) is 24.3 Å². The number of imidazole rings is 1. The van der Waals surface area contributed by atoms with Crippen molar-refractivity contribution >= 4 is 17.1 Å². The van der Waals surface area contributed by atoms with Crippen molar-refractivity contribution in [3.63, 3.8) is 0 Å². The molecule has 0 fully saturated rings. The number of hydrogen-bond donors (Lipinski definition) is 3. The molecule has 0 bridgehead atoms. The van der Waals surface area contributed by atoms with Gasteiger partial charge in [-0.1, -0.05) is 25.5 Å². The lowest BCUT2D eigenvalue weighted by Gasteiger charge is -2.05. The summed E-state index contributed by atoms with van der Waals surface area (Å²) < 4.78 is 0. The van der Waals surface area contributed by atoms with Crippen LogP contribution in [0, 0.1) is 0 Å². The van der Waals surface area contributed by atoms with Gasteiger partial charge in [-0.25, -0.2) is 9.78 Å². The third-order valence-electron chi connectivity index (χ3n) is 2.90. The Bertz CT molecular complexity index is 502. The summed E-state index contributed by atoms with van der Waals surface area (Å²) >= 11 is 0. The van der Waals surface area contributed by atoms with Crippen molar-refractivity contribution in [3.05, 3.63) is 30.1 Å². The van der Waals surface area contributed by atoms with Crippen LogP contribution in [-0.2, 0) is 6.42 Å². The molecule has 2 aromatic rings. The lowest BCUT2D eigenvalue weighted by atomic mass is 10.3. The van der Waals surface area contributed by atoms with Crippen molar-refractivity contribution in [2.24, 2.45) is 0 Å². The molecule has 5 nitrogen and oxygen atoms in total. The Labute approximate surface area is 112 Å². The molecular weight excluding hydrogens is 240 g/mol. The molecule has 102 valence electrons. The number of urea groups is 1. The van der Waals surface area contributed by atoms with Crippen LogP contribution in [0.1, 0.15) is 25.6 Å². The largest absolute Gasteiger partial charge is 0.342 e. The number of unbranched alkanes of at least 4 members (excludes halogenated alkanes) is 1. The van der Waals surface area contributed by atoms with Crippen molar-refractivity contribution in [3.8, 4) is 0 Å². The van der Waals surface area contributed by atoms with E-state index in [1.165, 1.54) is 0 Å². The minimum Gasteiger partial charge on any atom is -0.342 e. The molecule has 0 radical (unpaired) electrons. The summed E-state index contributed by atoms with van der Waals surface area (Å²) in [4.78, 5) is 19.1. The quantitative estimate of drug-likeness (QED) is 0.697. The average Bonchev–Trinajstić information content (AvgIpc) is 2.81. The predicted octanol–water partition coefficient (Wildman–Crippen LogP) is 2.20. The van der Waals surface area contributed by atoms with Gasteiger partial charge in [-0.3, -0.25) is 0 Å². The Morgan fingerprint density at radius 1 is 1.26 bits per heavy atom. The minimum absolute atomic E-state index is 0.107. The zero-order chi connectivity index (χ0) is 13.5. The number of nitrogens with zero attached hydrogens (tertiary/aromatic N) is 1. The SMILES string of the molecule is CCCCNC(=O)NCCc1nc2ccccc2[nH]1. The summed E-state index contributed by atoms with van der Waals surface area (Å²) in [5, 5.41) is 5.64. The molecular formula is C14H20N4O. The topological polar surface area (TPSA) is 69.8 Å². The Hall–Kier alpha value is -2.04. The third kappa shape index (κ3) is 3.98. The van der Waals surface area contributed by atoms with Crippen molar-refractivity contribution in [1.29, 1.82) is 0 Å². The van der Waals surface area contributed by atoms with Crippen LogP contribution >= 0.6 is 0 Å². The summed E-state index contributed by atoms with van der Waals surface area (Å²) in [6.45, 7) is 3.41. The van der Waals surface area contributed by atoms with E-state index in [1.54, 1.807) is 0 Å². The highest BCUT2D eigenvalue weighted by molar-refractivity contribution is 5.75. The van der Waals surface area contributed by atoms with Gasteiger partial charge in [0.15, 0.2) is 0 Å². The maximum atomic E-state index is 11.4. The van der Waals surface area contributed by atoms with Gasteiger partial charge in [0.1, 0.15) is 5.82 Å². The number of benzene rings is 1. The van der Waals surface area contributed by atoms with Crippen LogP contribution in [0.4, 0.5) is 4.79 Å². The number of aromatic amines is 1. The van der Waals surface area contributed by atoms with E-state index in [0.29, 0.717) is 13.0 Å². The first-order valence-electron chi connectivity index (χ1n) is 6.75. The average molecular weight is 260 g/mol. The molecule has 19 heavy (non-hydrogen) atoms. The molecule has 0 unspecified atom stereocenters. The van der Waals surface area contributed by atoms with E-state index in [9.17, 15) is 4.79 Å². The van der Waals surface area contributed by atoms with Crippen LogP contribution in [0.2, 0.25) is 0 Å².